The second kappa shape index (κ2) is 5.62. The summed E-state index contributed by atoms with van der Waals surface area (Å²) in [6, 6.07) is 12.0. The number of aryl methyl sites for hydroxylation is 1. The van der Waals surface area contributed by atoms with Gasteiger partial charge in [-0.25, -0.2) is 14.4 Å². The molecule has 0 aliphatic carbocycles. The van der Waals surface area contributed by atoms with Crippen LogP contribution in [0.1, 0.15) is 5.56 Å². The van der Waals surface area contributed by atoms with Crippen LogP contribution in [0.2, 0.25) is 0 Å². The molecule has 0 saturated heterocycles. The number of benzene rings is 1. The zero-order chi connectivity index (χ0) is 15.8. The number of rotatable bonds is 4. The maximum Gasteiger partial charge on any atom is 0.214 e. The normalized spacial score (nSPS) is 11.4. The van der Waals surface area contributed by atoms with Gasteiger partial charge in [0.2, 0.25) is 5.88 Å². The number of halogens is 1. The number of hydrogen-bond acceptors (Lipinski definition) is 4. The Hall–Kier alpha value is -2.47. The van der Waals surface area contributed by atoms with E-state index in [4.69, 9.17) is 4.74 Å². The van der Waals surface area contributed by atoms with Crippen molar-refractivity contribution >= 4 is 26.6 Å². The molecule has 116 valence electrons. The molecule has 0 radical (unpaired) electrons. The fourth-order valence-corrected chi connectivity index (χ4v) is 3.43. The van der Waals surface area contributed by atoms with E-state index in [0.29, 0.717) is 5.88 Å². The van der Waals surface area contributed by atoms with Crippen molar-refractivity contribution in [1.82, 2.24) is 14.4 Å². The standard InChI is InChI=1S/C17H14FN3OS/c1-11-2-4-12(5-3-11)13-10-21-14-6-7-15(22-9-8-18)20-16(14)23-17(21)19-13/h2-7,10H,8-9H2,1H3. The Labute approximate surface area is 136 Å². The van der Waals surface area contributed by atoms with Gasteiger partial charge in [-0.15, -0.1) is 0 Å². The van der Waals surface area contributed by atoms with Gasteiger partial charge in [0.1, 0.15) is 18.1 Å². The predicted molar refractivity (Wildman–Crippen MR) is 90.0 cm³/mol. The van der Waals surface area contributed by atoms with E-state index >= 15 is 0 Å². The van der Waals surface area contributed by atoms with Gasteiger partial charge in [0.05, 0.1) is 11.2 Å². The quantitative estimate of drug-likeness (QED) is 0.562. The summed E-state index contributed by atoms with van der Waals surface area (Å²) in [6.45, 7) is 1.57. The number of fused-ring (bicyclic) bond motifs is 3. The van der Waals surface area contributed by atoms with Crippen LogP contribution in [0.4, 0.5) is 4.39 Å². The molecule has 0 spiro atoms. The van der Waals surface area contributed by atoms with Crippen LogP contribution in [0.15, 0.2) is 42.6 Å². The molecule has 1 aromatic carbocycles. The van der Waals surface area contributed by atoms with Crippen LogP contribution < -0.4 is 4.74 Å². The molecule has 0 aliphatic rings. The number of ether oxygens (including phenoxy) is 1. The van der Waals surface area contributed by atoms with Crippen LogP contribution in [-0.4, -0.2) is 27.7 Å². The number of aromatic nitrogens is 3. The van der Waals surface area contributed by atoms with Crippen molar-refractivity contribution in [1.29, 1.82) is 0 Å². The smallest absolute Gasteiger partial charge is 0.214 e. The number of alkyl halides is 1. The largest absolute Gasteiger partial charge is 0.475 e. The third kappa shape index (κ3) is 2.55. The van der Waals surface area contributed by atoms with E-state index in [1.54, 1.807) is 6.07 Å². The van der Waals surface area contributed by atoms with Gasteiger partial charge in [-0.05, 0) is 13.0 Å². The average molecular weight is 327 g/mol. The molecule has 0 N–H and O–H groups in total. The fraction of sp³-hybridized carbons (Fsp3) is 0.176. The number of nitrogens with zero attached hydrogens (tertiary/aromatic N) is 3. The summed E-state index contributed by atoms with van der Waals surface area (Å²) < 4.78 is 19.4. The summed E-state index contributed by atoms with van der Waals surface area (Å²) >= 11 is 1.49. The third-order valence-electron chi connectivity index (χ3n) is 3.61. The lowest BCUT2D eigenvalue weighted by Gasteiger charge is -2.01. The molecule has 0 bridgehead atoms. The first-order valence-electron chi connectivity index (χ1n) is 7.29. The van der Waals surface area contributed by atoms with Gasteiger partial charge >= 0.3 is 0 Å². The molecule has 4 nitrogen and oxygen atoms in total. The Bertz CT molecular complexity index is 975. The molecular weight excluding hydrogens is 313 g/mol. The lowest BCUT2D eigenvalue weighted by molar-refractivity contribution is 0.265. The van der Waals surface area contributed by atoms with E-state index in [1.165, 1.54) is 16.9 Å². The molecule has 4 rings (SSSR count). The Balaban J connectivity index is 1.76. The third-order valence-corrected chi connectivity index (χ3v) is 4.57. The first-order chi connectivity index (χ1) is 11.2. The highest BCUT2D eigenvalue weighted by molar-refractivity contribution is 7.23. The number of pyridine rings is 1. The van der Waals surface area contributed by atoms with Crippen LogP contribution in [0.3, 0.4) is 0 Å². The van der Waals surface area contributed by atoms with Crippen molar-refractivity contribution in [3.05, 3.63) is 48.2 Å². The zero-order valence-electron chi connectivity index (χ0n) is 12.5. The minimum atomic E-state index is -0.520. The number of hydrogen-bond donors (Lipinski definition) is 0. The van der Waals surface area contributed by atoms with E-state index in [2.05, 4.69) is 41.2 Å². The Morgan fingerprint density at radius 2 is 1.96 bits per heavy atom. The molecular formula is C17H14FN3OS. The summed E-state index contributed by atoms with van der Waals surface area (Å²) in [5.41, 5.74) is 4.24. The maximum absolute atomic E-state index is 12.2. The summed E-state index contributed by atoms with van der Waals surface area (Å²) in [7, 11) is 0. The molecule has 3 heterocycles. The highest BCUT2D eigenvalue weighted by Crippen LogP contribution is 2.29. The number of thiazole rings is 1. The van der Waals surface area contributed by atoms with Crippen LogP contribution >= 0.6 is 11.3 Å². The van der Waals surface area contributed by atoms with Gasteiger partial charge in [0.15, 0.2) is 4.96 Å². The van der Waals surface area contributed by atoms with Gasteiger partial charge in [0, 0.05) is 17.8 Å². The lowest BCUT2D eigenvalue weighted by Crippen LogP contribution is -1.99. The fourth-order valence-electron chi connectivity index (χ4n) is 2.46. The molecule has 3 aromatic heterocycles. The predicted octanol–water partition coefficient (Wildman–Crippen LogP) is 4.27. The van der Waals surface area contributed by atoms with Gasteiger partial charge < -0.3 is 4.74 Å². The molecule has 0 unspecified atom stereocenters. The SMILES string of the molecule is Cc1ccc(-c2cn3c(n2)sc2nc(OCCF)ccc23)cc1. The topological polar surface area (TPSA) is 39.4 Å². The van der Waals surface area contributed by atoms with Gasteiger partial charge in [-0.1, -0.05) is 41.2 Å². The Morgan fingerprint density at radius 1 is 1.13 bits per heavy atom. The second-order valence-electron chi connectivity index (χ2n) is 5.26. The molecule has 0 amide bonds. The molecule has 0 aliphatic heterocycles. The van der Waals surface area contributed by atoms with Crippen molar-refractivity contribution in [2.24, 2.45) is 0 Å². The molecule has 0 fully saturated rings. The summed E-state index contributed by atoms with van der Waals surface area (Å²) in [4.78, 5) is 10.8. The van der Waals surface area contributed by atoms with E-state index < -0.39 is 6.67 Å². The minimum absolute atomic E-state index is 0.0264. The summed E-state index contributed by atoms with van der Waals surface area (Å²) in [6.07, 6.45) is 2.02. The van der Waals surface area contributed by atoms with Crippen LogP contribution in [0.5, 0.6) is 5.88 Å². The van der Waals surface area contributed by atoms with Crippen LogP contribution in [0.25, 0.3) is 26.6 Å². The van der Waals surface area contributed by atoms with Gasteiger partial charge in [-0.3, -0.25) is 4.40 Å². The molecule has 0 atom stereocenters. The molecule has 4 aromatic rings. The van der Waals surface area contributed by atoms with Crippen molar-refractivity contribution in [3.63, 3.8) is 0 Å². The Kier molecular flexibility index (Phi) is 3.46. The minimum Gasteiger partial charge on any atom is -0.475 e. The van der Waals surface area contributed by atoms with E-state index in [0.717, 1.165) is 26.6 Å². The van der Waals surface area contributed by atoms with Crippen LogP contribution in [0, 0.1) is 6.92 Å². The van der Waals surface area contributed by atoms with Crippen LogP contribution in [-0.2, 0) is 0 Å². The highest BCUT2D eigenvalue weighted by Gasteiger charge is 2.12. The molecule has 0 saturated carbocycles. The monoisotopic (exact) mass is 327 g/mol. The van der Waals surface area contributed by atoms with Crippen molar-refractivity contribution < 1.29 is 9.13 Å². The molecule has 23 heavy (non-hydrogen) atoms. The second-order valence-corrected chi connectivity index (χ2v) is 6.21. The van der Waals surface area contributed by atoms with E-state index in [1.807, 2.05) is 16.7 Å². The van der Waals surface area contributed by atoms with Gasteiger partial charge in [-0.2, -0.15) is 0 Å². The van der Waals surface area contributed by atoms with E-state index in [-0.39, 0.29) is 6.61 Å². The maximum atomic E-state index is 12.2. The first-order valence-corrected chi connectivity index (χ1v) is 8.11. The molecule has 6 heteroatoms. The summed E-state index contributed by atoms with van der Waals surface area (Å²) in [5.74, 6) is 0.443. The number of imidazole rings is 1. The van der Waals surface area contributed by atoms with Crippen molar-refractivity contribution in [2.45, 2.75) is 6.92 Å². The lowest BCUT2D eigenvalue weighted by atomic mass is 10.1. The summed E-state index contributed by atoms with van der Waals surface area (Å²) in [5, 5.41) is 0. The zero-order valence-corrected chi connectivity index (χ0v) is 13.3. The Morgan fingerprint density at radius 3 is 2.74 bits per heavy atom. The average Bonchev–Trinajstić information content (AvgIpc) is 3.10. The van der Waals surface area contributed by atoms with E-state index in [9.17, 15) is 4.39 Å². The van der Waals surface area contributed by atoms with Crippen molar-refractivity contribution in [3.8, 4) is 17.1 Å². The first kappa shape index (κ1) is 14.1. The van der Waals surface area contributed by atoms with Crippen molar-refractivity contribution in [2.75, 3.05) is 13.3 Å². The highest BCUT2D eigenvalue weighted by atomic mass is 32.1. The van der Waals surface area contributed by atoms with Gasteiger partial charge in [0.25, 0.3) is 0 Å².